The molecule has 0 aromatic heterocycles. The fourth-order valence-corrected chi connectivity index (χ4v) is 3.20. The third-order valence-corrected chi connectivity index (χ3v) is 4.63. The van der Waals surface area contributed by atoms with E-state index < -0.39 is 11.0 Å². The molecule has 1 fully saturated rings. The number of ether oxygens (including phenoxy) is 1. The monoisotopic (exact) mass is 282 g/mol. The Labute approximate surface area is 121 Å². The van der Waals surface area contributed by atoms with Crippen molar-refractivity contribution in [3.05, 3.63) is 11.6 Å². The van der Waals surface area contributed by atoms with Gasteiger partial charge in [-0.1, -0.05) is 26.3 Å². The summed E-state index contributed by atoms with van der Waals surface area (Å²) in [6.45, 7) is 7.67. The first kappa shape index (κ1) is 16.9. The summed E-state index contributed by atoms with van der Waals surface area (Å²) < 4.78 is 4.59. The topological polar surface area (TPSA) is 63.6 Å². The van der Waals surface area contributed by atoms with Gasteiger partial charge < -0.3 is 9.84 Å². The summed E-state index contributed by atoms with van der Waals surface area (Å²) in [6.07, 6.45) is 3.46. The average Bonchev–Trinajstić information content (AvgIpc) is 2.32. The standard InChI is InChI=1S/C16H26O4/c1-11(8-14(18)20-5)6-7-16(19)12(2)9-13(17)10-15(16,3)4/h8,12,19H,6-7,9-10H2,1-5H3/b11-8+. The van der Waals surface area contributed by atoms with E-state index in [1.165, 1.54) is 13.2 Å². The molecule has 0 saturated heterocycles. The number of Topliss-reactive ketones (excluding diaryl/α,β-unsaturated/α-hetero) is 1. The molecule has 0 radical (unpaired) electrons. The highest BCUT2D eigenvalue weighted by Gasteiger charge is 2.51. The average molecular weight is 282 g/mol. The van der Waals surface area contributed by atoms with Crippen molar-refractivity contribution < 1.29 is 19.4 Å². The normalized spacial score (nSPS) is 30.2. The Morgan fingerprint density at radius 2 is 2.10 bits per heavy atom. The molecule has 0 aliphatic heterocycles. The highest BCUT2D eigenvalue weighted by atomic mass is 16.5. The molecule has 1 saturated carbocycles. The second kappa shape index (κ2) is 6.08. The van der Waals surface area contributed by atoms with Crippen molar-refractivity contribution in [1.82, 2.24) is 0 Å². The molecule has 0 aromatic rings. The van der Waals surface area contributed by atoms with Gasteiger partial charge in [0, 0.05) is 24.3 Å². The third-order valence-electron chi connectivity index (χ3n) is 4.63. The van der Waals surface area contributed by atoms with Crippen LogP contribution in [-0.4, -0.2) is 29.6 Å². The minimum Gasteiger partial charge on any atom is -0.466 e. The maximum atomic E-state index is 11.7. The van der Waals surface area contributed by atoms with Crippen LogP contribution in [0.5, 0.6) is 0 Å². The van der Waals surface area contributed by atoms with Crippen molar-refractivity contribution in [1.29, 1.82) is 0 Å². The van der Waals surface area contributed by atoms with Gasteiger partial charge in [-0.3, -0.25) is 4.79 Å². The van der Waals surface area contributed by atoms with E-state index in [2.05, 4.69) is 4.74 Å². The summed E-state index contributed by atoms with van der Waals surface area (Å²) in [4.78, 5) is 22.9. The zero-order valence-corrected chi connectivity index (χ0v) is 13.2. The van der Waals surface area contributed by atoms with E-state index >= 15 is 0 Å². The van der Waals surface area contributed by atoms with Gasteiger partial charge in [-0.25, -0.2) is 4.79 Å². The molecular formula is C16H26O4. The Balaban J connectivity index is 2.80. The second-order valence-corrected chi connectivity index (χ2v) is 6.64. The van der Waals surface area contributed by atoms with E-state index in [0.717, 1.165) is 5.57 Å². The van der Waals surface area contributed by atoms with Crippen LogP contribution in [0.2, 0.25) is 0 Å². The molecule has 1 aliphatic rings. The SMILES string of the molecule is COC(=O)/C=C(\C)CCC1(O)C(C)CC(=O)CC1(C)C. The second-order valence-electron chi connectivity index (χ2n) is 6.64. The highest BCUT2D eigenvalue weighted by Crippen LogP contribution is 2.48. The van der Waals surface area contributed by atoms with Gasteiger partial charge in [0.1, 0.15) is 5.78 Å². The highest BCUT2D eigenvalue weighted by molar-refractivity contribution is 5.82. The lowest BCUT2D eigenvalue weighted by molar-refractivity contribution is -0.158. The van der Waals surface area contributed by atoms with Gasteiger partial charge in [-0.2, -0.15) is 0 Å². The number of allylic oxidation sites excluding steroid dienone is 1. The maximum absolute atomic E-state index is 11.7. The van der Waals surface area contributed by atoms with Crippen LogP contribution < -0.4 is 0 Å². The molecule has 2 atom stereocenters. The summed E-state index contributed by atoms with van der Waals surface area (Å²) in [5.41, 5.74) is -0.440. The van der Waals surface area contributed by atoms with E-state index in [-0.39, 0.29) is 17.7 Å². The van der Waals surface area contributed by atoms with Gasteiger partial charge in [0.15, 0.2) is 0 Å². The quantitative estimate of drug-likeness (QED) is 0.636. The zero-order chi connectivity index (χ0) is 15.6. The molecule has 1 N–H and O–H groups in total. The first-order chi connectivity index (χ1) is 9.12. The molecular weight excluding hydrogens is 256 g/mol. The number of carbonyl (C=O) groups excluding carboxylic acids is 2. The Hall–Kier alpha value is -1.16. The van der Waals surface area contributed by atoms with E-state index in [1.807, 2.05) is 27.7 Å². The summed E-state index contributed by atoms with van der Waals surface area (Å²) in [7, 11) is 1.34. The van der Waals surface area contributed by atoms with Crippen molar-refractivity contribution in [2.75, 3.05) is 7.11 Å². The van der Waals surface area contributed by atoms with Crippen LogP contribution >= 0.6 is 0 Å². The number of hydrogen-bond donors (Lipinski definition) is 1. The van der Waals surface area contributed by atoms with Crippen LogP contribution in [0.1, 0.15) is 53.4 Å². The predicted molar refractivity (Wildman–Crippen MR) is 77.1 cm³/mol. The number of rotatable bonds is 4. The summed E-state index contributed by atoms with van der Waals surface area (Å²) >= 11 is 0. The number of esters is 1. The molecule has 2 unspecified atom stereocenters. The molecule has 1 aliphatic carbocycles. The zero-order valence-electron chi connectivity index (χ0n) is 13.2. The Morgan fingerprint density at radius 3 is 2.60 bits per heavy atom. The first-order valence-corrected chi connectivity index (χ1v) is 7.11. The van der Waals surface area contributed by atoms with Crippen molar-refractivity contribution in [2.45, 2.75) is 59.0 Å². The van der Waals surface area contributed by atoms with Gasteiger partial charge in [-0.15, -0.1) is 0 Å². The minimum absolute atomic E-state index is 0.0651. The van der Waals surface area contributed by atoms with Crippen molar-refractivity contribution >= 4 is 11.8 Å². The Morgan fingerprint density at radius 1 is 1.50 bits per heavy atom. The summed E-state index contributed by atoms with van der Waals surface area (Å²) in [5.74, 6) is -0.223. The van der Waals surface area contributed by atoms with E-state index in [1.54, 1.807) is 0 Å². The minimum atomic E-state index is -0.883. The van der Waals surface area contributed by atoms with E-state index in [0.29, 0.717) is 25.7 Å². The molecule has 0 heterocycles. The molecule has 1 rings (SSSR count). The maximum Gasteiger partial charge on any atom is 0.330 e. The lowest BCUT2D eigenvalue weighted by Crippen LogP contribution is -2.54. The van der Waals surface area contributed by atoms with Crippen LogP contribution in [0.25, 0.3) is 0 Å². The van der Waals surface area contributed by atoms with Gasteiger partial charge in [-0.05, 0) is 25.7 Å². The molecule has 0 bridgehead atoms. The summed E-state index contributed by atoms with van der Waals surface area (Å²) in [6, 6.07) is 0. The van der Waals surface area contributed by atoms with Crippen LogP contribution in [0.4, 0.5) is 0 Å². The van der Waals surface area contributed by atoms with Crippen LogP contribution in [0, 0.1) is 11.3 Å². The lowest BCUT2D eigenvalue weighted by atomic mass is 9.58. The van der Waals surface area contributed by atoms with Gasteiger partial charge in [0.2, 0.25) is 0 Å². The lowest BCUT2D eigenvalue weighted by Gasteiger charge is -2.50. The smallest absolute Gasteiger partial charge is 0.330 e. The molecule has 4 nitrogen and oxygen atoms in total. The number of aliphatic hydroxyl groups is 1. The number of methoxy groups -OCH3 is 1. The number of carbonyl (C=O) groups is 2. The molecule has 4 heteroatoms. The van der Waals surface area contributed by atoms with Crippen LogP contribution in [0.3, 0.4) is 0 Å². The molecule has 0 spiro atoms. The Bertz CT molecular complexity index is 422. The first-order valence-electron chi connectivity index (χ1n) is 7.11. The third kappa shape index (κ3) is 3.48. The van der Waals surface area contributed by atoms with Crippen molar-refractivity contribution in [3.63, 3.8) is 0 Å². The molecule has 114 valence electrons. The number of ketones is 1. The van der Waals surface area contributed by atoms with E-state index in [9.17, 15) is 14.7 Å². The van der Waals surface area contributed by atoms with Gasteiger partial charge in [0.25, 0.3) is 0 Å². The van der Waals surface area contributed by atoms with Crippen LogP contribution in [-0.2, 0) is 14.3 Å². The summed E-state index contributed by atoms with van der Waals surface area (Å²) in [5, 5.41) is 11.0. The van der Waals surface area contributed by atoms with Crippen molar-refractivity contribution in [3.8, 4) is 0 Å². The Kier molecular flexibility index (Phi) is 5.14. The molecule has 0 amide bonds. The largest absolute Gasteiger partial charge is 0.466 e. The van der Waals surface area contributed by atoms with Gasteiger partial charge >= 0.3 is 5.97 Å². The van der Waals surface area contributed by atoms with Gasteiger partial charge in [0.05, 0.1) is 12.7 Å². The van der Waals surface area contributed by atoms with Crippen molar-refractivity contribution in [2.24, 2.45) is 11.3 Å². The predicted octanol–water partition coefficient (Wildman–Crippen LogP) is 2.64. The fraction of sp³-hybridized carbons (Fsp3) is 0.750. The van der Waals surface area contributed by atoms with Crippen LogP contribution in [0.15, 0.2) is 11.6 Å². The fourth-order valence-electron chi connectivity index (χ4n) is 3.20. The van der Waals surface area contributed by atoms with E-state index in [4.69, 9.17) is 0 Å². The number of hydrogen-bond acceptors (Lipinski definition) is 4. The molecule has 0 aromatic carbocycles. The molecule has 20 heavy (non-hydrogen) atoms.